The number of aliphatic hydroxyl groups is 1. The second kappa shape index (κ2) is 3.55. The molecular formula is C10H11F3N2O. The van der Waals surface area contributed by atoms with Crippen LogP contribution in [0.5, 0.6) is 0 Å². The van der Waals surface area contributed by atoms with Crippen molar-refractivity contribution in [3.05, 3.63) is 23.8 Å². The first-order valence-corrected chi connectivity index (χ1v) is 4.77. The minimum Gasteiger partial charge on any atom is -0.397 e. The van der Waals surface area contributed by atoms with Gasteiger partial charge >= 0.3 is 6.18 Å². The van der Waals surface area contributed by atoms with Gasteiger partial charge in [-0.2, -0.15) is 13.2 Å². The zero-order chi connectivity index (χ0) is 11.9. The van der Waals surface area contributed by atoms with Gasteiger partial charge in [0.25, 0.3) is 0 Å². The predicted molar refractivity (Wildman–Crippen MR) is 54.1 cm³/mol. The Morgan fingerprint density at radius 2 is 1.94 bits per heavy atom. The number of nitrogens with two attached hydrogens (primary N) is 1. The number of hydrogen-bond donors (Lipinski definition) is 2. The van der Waals surface area contributed by atoms with E-state index in [1.807, 2.05) is 0 Å². The molecule has 0 aliphatic carbocycles. The number of halogens is 3. The fourth-order valence-electron chi connectivity index (χ4n) is 1.67. The lowest BCUT2D eigenvalue weighted by Crippen LogP contribution is -2.51. The third-order valence-corrected chi connectivity index (χ3v) is 2.56. The lowest BCUT2D eigenvalue weighted by molar-refractivity contribution is -0.137. The van der Waals surface area contributed by atoms with Gasteiger partial charge in [0.05, 0.1) is 23.0 Å². The zero-order valence-electron chi connectivity index (χ0n) is 8.33. The molecule has 1 saturated heterocycles. The van der Waals surface area contributed by atoms with Crippen LogP contribution in [0.25, 0.3) is 0 Å². The molecule has 16 heavy (non-hydrogen) atoms. The van der Waals surface area contributed by atoms with Gasteiger partial charge in [0, 0.05) is 13.1 Å². The van der Waals surface area contributed by atoms with Crippen molar-refractivity contribution in [3.63, 3.8) is 0 Å². The number of rotatable bonds is 1. The molecule has 0 atom stereocenters. The average molecular weight is 232 g/mol. The van der Waals surface area contributed by atoms with Crippen molar-refractivity contribution in [2.24, 2.45) is 0 Å². The van der Waals surface area contributed by atoms with Crippen LogP contribution in [0.3, 0.4) is 0 Å². The van der Waals surface area contributed by atoms with Crippen molar-refractivity contribution in [2.75, 3.05) is 23.7 Å². The molecule has 0 spiro atoms. The van der Waals surface area contributed by atoms with Crippen LogP contribution < -0.4 is 10.6 Å². The minimum absolute atomic E-state index is 0.0849. The highest BCUT2D eigenvalue weighted by atomic mass is 19.4. The van der Waals surface area contributed by atoms with E-state index in [0.717, 1.165) is 12.1 Å². The Morgan fingerprint density at radius 1 is 1.31 bits per heavy atom. The van der Waals surface area contributed by atoms with Gasteiger partial charge in [0.1, 0.15) is 0 Å². The summed E-state index contributed by atoms with van der Waals surface area (Å²) < 4.78 is 37.0. The second-order valence-corrected chi connectivity index (χ2v) is 3.83. The van der Waals surface area contributed by atoms with E-state index in [2.05, 4.69) is 0 Å². The summed E-state index contributed by atoms with van der Waals surface area (Å²) in [4.78, 5) is 1.74. The van der Waals surface area contributed by atoms with Crippen molar-refractivity contribution < 1.29 is 18.3 Å². The highest BCUT2D eigenvalue weighted by Crippen LogP contribution is 2.35. The van der Waals surface area contributed by atoms with Crippen LogP contribution >= 0.6 is 0 Å². The summed E-state index contributed by atoms with van der Waals surface area (Å²) in [7, 11) is 0. The first-order chi connectivity index (χ1) is 7.38. The number of β-amino-alcohol motifs (C(OH)–C–C–N with tert-alkyl or cyclic N) is 1. The van der Waals surface area contributed by atoms with Gasteiger partial charge < -0.3 is 15.7 Å². The van der Waals surface area contributed by atoms with E-state index in [0.29, 0.717) is 18.8 Å². The number of aliphatic hydroxyl groups excluding tert-OH is 1. The molecule has 1 fully saturated rings. The molecule has 1 aromatic rings. The van der Waals surface area contributed by atoms with Gasteiger partial charge in [0.2, 0.25) is 0 Å². The van der Waals surface area contributed by atoms with E-state index in [4.69, 9.17) is 10.8 Å². The predicted octanol–water partition coefficient (Wildman–Crippen LogP) is 1.47. The Labute approximate surface area is 90.3 Å². The van der Waals surface area contributed by atoms with E-state index in [1.165, 1.54) is 6.07 Å². The molecule has 1 aliphatic rings. The summed E-state index contributed by atoms with van der Waals surface area (Å²) in [5.74, 6) is 0. The summed E-state index contributed by atoms with van der Waals surface area (Å²) >= 11 is 0. The van der Waals surface area contributed by atoms with Crippen LogP contribution in [0.1, 0.15) is 5.56 Å². The van der Waals surface area contributed by atoms with Crippen molar-refractivity contribution in [3.8, 4) is 0 Å². The van der Waals surface area contributed by atoms with Gasteiger partial charge in [-0.3, -0.25) is 0 Å². The van der Waals surface area contributed by atoms with Gasteiger partial charge in [-0.1, -0.05) is 0 Å². The lowest BCUT2D eigenvalue weighted by atomic mass is 10.1. The number of alkyl halides is 3. The maximum absolute atomic E-state index is 12.3. The average Bonchev–Trinajstić information content (AvgIpc) is 2.12. The maximum Gasteiger partial charge on any atom is 0.416 e. The smallest absolute Gasteiger partial charge is 0.397 e. The van der Waals surface area contributed by atoms with E-state index in [9.17, 15) is 13.2 Å². The Balaban J connectivity index is 2.24. The Kier molecular flexibility index (Phi) is 2.46. The van der Waals surface area contributed by atoms with Crippen LogP contribution in [0.2, 0.25) is 0 Å². The van der Waals surface area contributed by atoms with Crippen LogP contribution in [-0.4, -0.2) is 24.3 Å². The van der Waals surface area contributed by atoms with E-state index >= 15 is 0 Å². The van der Waals surface area contributed by atoms with Crippen LogP contribution in [-0.2, 0) is 6.18 Å². The molecule has 0 saturated carbocycles. The quantitative estimate of drug-likeness (QED) is 0.721. The SMILES string of the molecule is Nc1cc(C(F)(F)F)ccc1N1CC(O)C1. The molecule has 0 amide bonds. The zero-order valence-corrected chi connectivity index (χ0v) is 8.33. The largest absolute Gasteiger partial charge is 0.416 e. The monoisotopic (exact) mass is 232 g/mol. The van der Waals surface area contributed by atoms with E-state index < -0.39 is 17.8 Å². The summed E-state index contributed by atoms with van der Waals surface area (Å²) in [6, 6.07) is 3.25. The number of nitrogens with zero attached hydrogens (tertiary/aromatic N) is 1. The number of hydrogen-bond acceptors (Lipinski definition) is 3. The van der Waals surface area contributed by atoms with E-state index in [1.54, 1.807) is 4.90 Å². The molecule has 0 unspecified atom stereocenters. The molecule has 3 nitrogen and oxygen atoms in total. The molecule has 88 valence electrons. The molecule has 6 heteroatoms. The Bertz CT molecular complexity index is 400. The Morgan fingerprint density at radius 3 is 2.38 bits per heavy atom. The molecule has 2 rings (SSSR count). The second-order valence-electron chi connectivity index (χ2n) is 3.83. The van der Waals surface area contributed by atoms with Gasteiger partial charge in [-0.15, -0.1) is 0 Å². The van der Waals surface area contributed by atoms with Crippen molar-refractivity contribution in [1.29, 1.82) is 0 Å². The van der Waals surface area contributed by atoms with Crippen molar-refractivity contribution >= 4 is 11.4 Å². The fourth-order valence-corrected chi connectivity index (χ4v) is 1.67. The molecular weight excluding hydrogens is 221 g/mol. The highest BCUT2D eigenvalue weighted by molar-refractivity contribution is 5.69. The maximum atomic E-state index is 12.3. The van der Waals surface area contributed by atoms with Crippen LogP contribution in [0.15, 0.2) is 18.2 Å². The number of benzene rings is 1. The van der Waals surface area contributed by atoms with Gasteiger partial charge in [0.15, 0.2) is 0 Å². The standard InChI is InChI=1S/C10H11F3N2O/c11-10(12,13)6-1-2-9(8(14)3-6)15-4-7(16)5-15/h1-3,7,16H,4-5,14H2. The molecule has 1 heterocycles. The molecule has 0 aromatic heterocycles. The van der Waals surface area contributed by atoms with Crippen molar-refractivity contribution in [2.45, 2.75) is 12.3 Å². The molecule has 1 aliphatic heterocycles. The summed E-state index contributed by atoms with van der Waals surface area (Å²) in [5, 5.41) is 9.09. The first-order valence-electron chi connectivity index (χ1n) is 4.77. The first kappa shape index (κ1) is 11.1. The summed E-state index contributed by atoms with van der Waals surface area (Å²) in [6.07, 6.45) is -4.79. The third kappa shape index (κ3) is 1.92. The third-order valence-electron chi connectivity index (χ3n) is 2.56. The molecule has 3 N–H and O–H groups in total. The topological polar surface area (TPSA) is 49.5 Å². The fraction of sp³-hybridized carbons (Fsp3) is 0.400. The van der Waals surface area contributed by atoms with Gasteiger partial charge in [-0.05, 0) is 18.2 Å². The minimum atomic E-state index is -4.37. The van der Waals surface area contributed by atoms with Gasteiger partial charge in [-0.25, -0.2) is 0 Å². The summed E-state index contributed by atoms with van der Waals surface area (Å²) in [5.41, 5.74) is 5.42. The van der Waals surface area contributed by atoms with E-state index in [-0.39, 0.29) is 5.69 Å². The van der Waals surface area contributed by atoms with Crippen LogP contribution in [0, 0.1) is 0 Å². The highest BCUT2D eigenvalue weighted by Gasteiger charge is 2.32. The van der Waals surface area contributed by atoms with Crippen molar-refractivity contribution in [1.82, 2.24) is 0 Å². The van der Waals surface area contributed by atoms with Crippen LogP contribution in [0.4, 0.5) is 24.5 Å². The molecule has 0 radical (unpaired) electrons. The number of anilines is 2. The Hall–Kier alpha value is -1.43. The number of nitrogen functional groups attached to an aromatic ring is 1. The molecule has 0 bridgehead atoms. The molecule has 1 aromatic carbocycles. The summed E-state index contributed by atoms with van der Waals surface area (Å²) in [6.45, 7) is 0.825. The lowest BCUT2D eigenvalue weighted by Gasteiger charge is -2.38. The normalized spacial score (nSPS) is 17.4.